The Kier molecular flexibility index (Phi) is 3.02. The second-order valence-corrected chi connectivity index (χ2v) is 6.73. The average molecular weight is 273 g/mol. The van der Waals surface area contributed by atoms with Gasteiger partial charge in [-0.25, -0.2) is 15.8 Å². The van der Waals surface area contributed by atoms with Gasteiger partial charge in [0.2, 0.25) is 0 Å². The van der Waals surface area contributed by atoms with Crippen molar-refractivity contribution in [3.8, 4) is 0 Å². The van der Waals surface area contributed by atoms with Gasteiger partial charge in [-0.2, -0.15) is 0 Å². The van der Waals surface area contributed by atoms with Crippen molar-refractivity contribution in [1.82, 2.24) is 9.97 Å². The van der Waals surface area contributed by atoms with Gasteiger partial charge in [-0.3, -0.25) is 0 Å². The third-order valence-corrected chi connectivity index (χ3v) is 5.26. The van der Waals surface area contributed by atoms with Crippen LogP contribution in [0.5, 0.6) is 0 Å². The van der Waals surface area contributed by atoms with E-state index in [2.05, 4.69) is 20.7 Å². The van der Waals surface area contributed by atoms with Crippen LogP contribution in [0.15, 0.2) is 6.07 Å². The number of anilines is 2. The zero-order valence-electron chi connectivity index (χ0n) is 11.8. The van der Waals surface area contributed by atoms with E-state index < -0.39 is 0 Å². The number of rotatable bonds is 5. The number of nitrogen functional groups attached to an aromatic ring is 1. The van der Waals surface area contributed by atoms with Gasteiger partial charge in [0.1, 0.15) is 17.5 Å². The van der Waals surface area contributed by atoms with Gasteiger partial charge < -0.3 is 10.7 Å². The molecule has 5 heteroatoms. The van der Waals surface area contributed by atoms with Crippen molar-refractivity contribution >= 4 is 11.6 Å². The summed E-state index contributed by atoms with van der Waals surface area (Å²) in [7, 11) is 0. The first kappa shape index (κ1) is 12.4. The predicted octanol–water partition coefficient (Wildman–Crippen LogP) is 2.49. The molecular weight excluding hydrogens is 250 g/mol. The quantitative estimate of drug-likeness (QED) is 0.567. The normalized spacial score (nSPS) is 31.6. The molecule has 0 spiro atoms. The maximum absolute atomic E-state index is 5.51. The van der Waals surface area contributed by atoms with Gasteiger partial charge in [0.05, 0.1) is 0 Å². The first-order valence-corrected chi connectivity index (χ1v) is 7.91. The SMILES string of the molecule is NNc1cc(NCC2CC3CCC2C3)nc(C2CC2)n1. The molecule has 20 heavy (non-hydrogen) atoms. The number of hydrogen-bond donors (Lipinski definition) is 3. The molecule has 0 saturated heterocycles. The summed E-state index contributed by atoms with van der Waals surface area (Å²) in [4.78, 5) is 9.09. The highest BCUT2D eigenvalue weighted by atomic mass is 15.3. The molecule has 0 amide bonds. The molecule has 1 aromatic rings. The van der Waals surface area contributed by atoms with E-state index in [1.165, 1.54) is 38.5 Å². The molecule has 3 aliphatic carbocycles. The maximum Gasteiger partial charge on any atom is 0.145 e. The lowest BCUT2D eigenvalue weighted by atomic mass is 9.89. The molecular formula is C15H23N5. The Labute approximate surface area is 119 Å². The molecule has 2 bridgehead atoms. The zero-order chi connectivity index (χ0) is 13.5. The number of nitrogens with two attached hydrogens (primary N) is 1. The second kappa shape index (κ2) is 4.88. The van der Waals surface area contributed by atoms with Gasteiger partial charge in [0, 0.05) is 18.5 Å². The molecule has 3 saturated carbocycles. The monoisotopic (exact) mass is 273 g/mol. The molecule has 0 aromatic carbocycles. The fourth-order valence-corrected chi connectivity index (χ4v) is 4.02. The summed E-state index contributed by atoms with van der Waals surface area (Å²) < 4.78 is 0. The molecule has 3 unspecified atom stereocenters. The van der Waals surface area contributed by atoms with E-state index in [4.69, 9.17) is 5.84 Å². The molecule has 0 radical (unpaired) electrons. The van der Waals surface area contributed by atoms with Gasteiger partial charge in [-0.05, 0) is 49.9 Å². The summed E-state index contributed by atoms with van der Waals surface area (Å²) >= 11 is 0. The Hall–Kier alpha value is -1.36. The topological polar surface area (TPSA) is 75.9 Å². The minimum absolute atomic E-state index is 0.548. The van der Waals surface area contributed by atoms with Crippen LogP contribution >= 0.6 is 0 Å². The Bertz CT molecular complexity index is 499. The van der Waals surface area contributed by atoms with Gasteiger partial charge in [0.25, 0.3) is 0 Å². The Morgan fingerprint density at radius 3 is 2.60 bits per heavy atom. The maximum atomic E-state index is 5.51. The molecule has 3 atom stereocenters. The molecule has 0 aliphatic heterocycles. The lowest BCUT2D eigenvalue weighted by molar-refractivity contribution is 0.348. The second-order valence-electron chi connectivity index (χ2n) is 6.73. The van der Waals surface area contributed by atoms with Crippen molar-refractivity contribution in [2.45, 2.75) is 44.4 Å². The highest BCUT2D eigenvalue weighted by Crippen LogP contribution is 2.48. The number of aromatic nitrogens is 2. The Morgan fingerprint density at radius 1 is 1.10 bits per heavy atom. The molecule has 5 nitrogen and oxygen atoms in total. The molecule has 1 aromatic heterocycles. The summed E-state index contributed by atoms with van der Waals surface area (Å²) in [6, 6.07) is 1.92. The van der Waals surface area contributed by atoms with Crippen molar-refractivity contribution in [2.24, 2.45) is 23.6 Å². The van der Waals surface area contributed by atoms with Crippen LogP contribution in [0.2, 0.25) is 0 Å². The Morgan fingerprint density at radius 2 is 1.95 bits per heavy atom. The first-order valence-electron chi connectivity index (χ1n) is 7.91. The van der Waals surface area contributed by atoms with Crippen LogP contribution in [-0.2, 0) is 0 Å². The van der Waals surface area contributed by atoms with E-state index in [1.54, 1.807) is 0 Å². The van der Waals surface area contributed by atoms with E-state index >= 15 is 0 Å². The zero-order valence-corrected chi connectivity index (χ0v) is 11.8. The summed E-state index contributed by atoms with van der Waals surface area (Å²) in [5, 5.41) is 3.52. The molecule has 4 rings (SSSR count). The van der Waals surface area contributed by atoms with Crippen molar-refractivity contribution in [3.63, 3.8) is 0 Å². The van der Waals surface area contributed by atoms with Gasteiger partial charge >= 0.3 is 0 Å². The summed E-state index contributed by atoms with van der Waals surface area (Å²) in [6.07, 6.45) is 8.17. The summed E-state index contributed by atoms with van der Waals surface area (Å²) in [5.74, 6) is 11.4. The predicted molar refractivity (Wildman–Crippen MR) is 79.2 cm³/mol. The fourth-order valence-electron chi connectivity index (χ4n) is 4.02. The van der Waals surface area contributed by atoms with Crippen LogP contribution in [0.25, 0.3) is 0 Å². The highest BCUT2D eigenvalue weighted by molar-refractivity contribution is 5.47. The molecule has 1 heterocycles. The lowest BCUT2D eigenvalue weighted by Crippen LogP contribution is -2.21. The largest absolute Gasteiger partial charge is 0.370 e. The van der Waals surface area contributed by atoms with Gasteiger partial charge in [-0.1, -0.05) is 6.42 Å². The Balaban J connectivity index is 1.43. The summed E-state index contributed by atoms with van der Waals surface area (Å²) in [6.45, 7) is 1.05. The van der Waals surface area contributed by atoms with Gasteiger partial charge in [0.15, 0.2) is 0 Å². The van der Waals surface area contributed by atoms with E-state index in [-0.39, 0.29) is 0 Å². The summed E-state index contributed by atoms with van der Waals surface area (Å²) in [5.41, 5.74) is 2.65. The fraction of sp³-hybridized carbons (Fsp3) is 0.733. The van der Waals surface area contributed by atoms with E-state index in [0.717, 1.165) is 41.8 Å². The number of hydrazine groups is 1. The minimum Gasteiger partial charge on any atom is -0.370 e. The van der Waals surface area contributed by atoms with Crippen LogP contribution in [0.3, 0.4) is 0 Å². The minimum atomic E-state index is 0.548. The van der Waals surface area contributed by atoms with Crippen LogP contribution in [-0.4, -0.2) is 16.5 Å². The van der Waals surface area contributed by atoms with Gasteiger partial charge in [-0.15, -0.1) is 0 Å². The highest BCUT2D eigenvalue weighted by Gasteiger charge is 2.39. The molecule has 4 N–H and O–H groups in total. The molecule has 108 valence electrons. The number of hydrogen-bond acceptors (Lipinski definition) is 5. The van der Waals surface area contributed by atoms with Crippen LogP contribution < -0.4 is 16.6 Å². The smallest absolute Gasteiger partial charge is 0.145 e. The standard InChI is InChI=1S/C15H23N5/c16-20-14-7-13(18-15(19-14)10-3-4-10)17-8-12-6-9-1-2-11(12)5-9/h7,9-12H,1-6,8,16H2,(H2,17,18,19,20). The molecule has 3 fully saturated rings. The van der Waals surface area contributed by atoms with Crippen LogP contribution in [0, 0.1) is 17.8 Å². The number of nitrogens with zero attached hydrogens (tertiary/aromatic N) is 2. The van der Waals surface area contributed by atoms with Crippen molar-refractivity contribution in [3.05, 3.63) is 11.9 Å². The first-order chi connectivity index (χ1) is 9.81. The van der Waals surface area contributed by atoms with E-state index in [0.29, 0.717) is 5.92 Å². The van der Waals surface area contributed by atoms with Crippen molar-refractivity contribution in [1.29, 1.82) is 0 Å². The van der Waals surface area contributed by atoms with Crippen molar-refractivity contribution in [2.75, 3.05) is 17.3 Å². The molecule has 3 aliphatic rings. The van der Waals surface area contributed by atoms with Crippen molar-refractivity contribution < 1.29 is 0 Å². The van der Waals surface area contributed by atoms with Crippen LogP contribution in [0.4, 0.5) is 11.6 Å². The van der Waals surface area contributed by atoms with Crippen LogP contribution in [0.1, 0.15) is 50.3 Å². The lowest BCUT2D eigenvalue weighted by Gasteiger charge is -2.22. The number of nitrogens with one attached hydrogen (secondary N) is 2. The number of fused-ring (bicyclic) bond motifs is 2. The third kappa shape index (κ3) is 2.35. The average Bonchev–Trinajstić information content (AvgIpc) is 3.14. The van der Waals surface area contributed by atoms with E-state index in [1.807, 2.05) is 6.07 Å². The van der Waals surface area contributed by atoms with E-state index in [9.17, 15) is 0 Å². The third-order valence-electron chi connectivity index (χ3n) is 5.26.